The number of nitrogens with one attached hydrogen (secondary N) is 1. The van der Waals surface area contributed by atoms with Crippen LogP contribution in [0.25, 0.3) is 0 Å². The first-order valence-electron chi connectivity index (χ1n) is 9.49. The Balaban J connectivity index is 1.57. The predicted molar refractivity (Wildman–Crippen MR) is 96.0 cm³/mol. The van der Waals surface area contributed by atoms with Crippen molar-refractivity contribution in [3.63, 3.8) is 0 Å². The second-order valence-electron chi connectivity index (χ2n) is 8.03. The van der Waals surface area contributed by atoms with Crippen molar-refractivity contribution in [3.8, 4) is 0 Å². The summed E-state index contributed by atoms with van der Waals surface area (Å²) >= 11 is 0. The first kappa shape index (κ1) is 15.9. The van der Waals surface area contributed by atoms with Gasteiger partial charge in [0.25, 0.3) is 0 Å². The van der Waals surface area contributed by atoms with E-state index in [1.807, 2.05) is 0 Å². The quantitative estimate of drug-likeness (QED) is 0.860. The summed E-state index contributed by atoms with van der Waals surface area (Å²) in [4.78, 5) is 17.3. The minimum Gasteiger partial charge on any atom is -0.335 e. The van der Waals surface area contributed by atoms with Crippen molar-refractivity contribution in [2.75, 3.05) is 26.7 Å². The Morgan fingerprint density at radius 3 is 2.62 bits per heavy atom. The molecule has 0 bridgehead atoms. The molecule has 0 radical (unpaired) electrons. The van der Waals surface area contributed by atoms with Gasteiger partial charge in [-0.25, -0.2) is 4.79 Å². The smallest absolute Gasteiger partial charge is 0.317 e. The number of hydrogen-bond donors (Lipinski definition) is 1. The Labute approximate surface area is 145 Å². The summed E-state index contributed by atoms with van der Waals surface area (Å²) in [6, 6.07) is 9.32. The minimum absolute atomic E-state index is 0.147. The van der Waals surface area contributed by atoms with Crippen LogP contribution in [0.5, 0.6) is 0 Å². The third kappa shape index (κ3) is 2.92. The summed E-state index contributed by atoms with van der Waals surface area (Å²) in [5, 5.41) is 3.29. The second kappa shape index (κ2) is 6.40. The molecule has 0 atom stereocenters. The molecule has 3 aliphatic rings. The lowest BCUT2D eigenvalue weighted by molar-refractivity contribution is 0.118. The lowest BCUT2D eigenvalue weighted by Crippen LogP contribution is -2.55. The highest BCUT2D eigenvalue weighted by Gasteiger charge is 2.42. The van der Waals surface area contributed by atoms with Crippen LogP contribution in [0.4, 0.5) is 4.79 Å². The van der Waals surface area contributed by atoms with E-state index in [0.29, 0.717) is 6.04 Å². The van der Waals surface area contributed by atoms with E-state index in [1.54, 1.807) is 0 Å². The van der Waals surface area contributed by atoms with Gasteiger partial charge in [-0.15, -0.1) is 0 Å². The van der Waals surface area contributed by atoms with Crippen molar-refractivity contribution in [1.29, 1.82) is 0 Å². The molecule has 1 N–H and O–H groups in total. The standard InChI is InChI=1S/C20H29N3O/c1-22-12-10-20(11-13-22)15-23(14-16-6-2-5-9-18(16)20)19(24)21-17-7-3-4-8-17/h2,5-6,9,17H,3-4,7-8,10-15H2,1H3,(H,21,24). The van der Waals surface area contributed by atoms with Crippen LogP contribution in [0.15, 0.2) is 24.3 Å². The molecule has 2 aliphatic heterocycles. The zero-order valence-corrected chi connectivity index (χ0v) is 14.8. The Kier molecular flexibility index (Phi) is 4.25. The van der Waals surface area contributed by atoms with E-state index in [4.69, 9.17) is 0 Å². The van der Waals surface area contributed by atoms with E-state index >= 15 is 0 Å². The Morgan fingerprint density at radius 1 is 1.17 bits per heavy atom. The summed E-state index contributed by atoms with van der Waals surface area (Å²) < 4.78 is 0. The maximum atomic E-state index is 12.9. The number of benzene rings is 1. The number of likely N-dealkylation sites (tertiary alicyclic amines) is 1. The van der Waals surface area contributed by atoms with Gasteiger partial charge in [0.15, 0.2) is 0 Å². The zero-order valence-electron chi connectivity index (χ0n) is 14.8. The maximum absolute atomic E-state index is 12.9. The van der Waals surface area contributed by atoms with Gasteiger partial charge >= 0.3 is 6.03 Å². The van der Waals surface area contributed by atoms with Crippen LogP contribution in [0.3, 0.4) is 0 Å². The fourth-order valence-corrected chi connectivity index (χ4v) is 4.84. The number of urea groups is 1. The fourth-order valence-electron chi connectivity index (χ4n) is 4.84. The Hall–Kier alpha value is -1.55. The summed E-state index contributed by atoms with van der Waals surface area (Å²) in [6.07, 6.45) is 7.09. The SMILES string of the molecule is CN1CCC2(CC1)CN(C(=O)NC1CCCC1)Cc1ccccc12. The molecule has 2 heterocycles. The summed E-state index contributed by atoms with van der Waals surface area (Å²) in [5.41, 5.74) is 2.98. The molecule has 1 aromatic carbocycles. The first-order valence-corrected chi connectivity index (χ1v) is 9.49. The average molecular weight is 327 g/mol. The van der Waals surface area contributed by atoms with Gasteiger partial charge in [-0.2, -0.15) is 0 Å². The van der Waals surface area contributed by atoms with Crippen molar-refractivity contribution in [1.82, 2.24) is 15.1 Å². The molecular formula is C20H29N3O. The van der Waals surface area contributed by atoms with E-state index < -0.39 is 0 Å². The monoisotopic (exact) mass is 327 g/mol. The number of fused-ring (bicyclic) bond motifs is 2. The number of carbonyl (C=O) groups is 1. The van der Waals surface area contributed by atoms with Gasteiger partial charge in [0.1, 0.15) is 0 Å². The van der Waals surface area contributed by atoms with E-state index in [-0.39, 0.29) is 11.4 Å². The molecule has 1 spiro atoms. The highest BCUT2D eigenvalue weighted by atomic mass is 16.2. The fraction of sp³-hybridized carbons (Fsp3) is 0.650. The predicted octanol–water partition coefficient (Wildman–Crippen LogP) is 3.12. The molecule has 1 saturated heterocycles. The molecule has 130 valence electrons. The van der Waals surface area contributed by atoms with Crippen LogP contribution in [-0.2, 0) is 12.0 Å². The van der Waals surface area contributed by atoms with Crippen LogP contribution in [0.1, 0.15) is 49.7 Å². The van der Waals surface area contributed by atoms with Crippen molar-refractivity contribution in [3.05, 3.63) is 35.4 Å². The Morgan fingerprint density at radius 2 is 1.88 bits per heavy atom. The molecule has 0 unspecified atom stereocenters. The molecule has 24 heavy (non-hydrogen) atoms. The molecule has 2 amide bonds. The normalized spacial score (nSPS) is 24.1. The first-order chi connectivity index (χ1) is 11.7. The van der Waals surface area contributed by atoms with Gasteiger partial charge in [-0.05, 0) is 56.9 Å². The molecule has 1 saturated carbocycles. The van der Waals surface area contributed by atoms with Crippen LogP contribution in [-0.4, -0.2) is 48.6 Å². The molecule has 1 aromatic rings. The van der Waals surface area contributed by atoms with Crippen molar-refractivity contribution >= 4 is 6.03 Å². The van der Waals surface area contributed by atoms with Crippen LogP contribution in [0, 0.1) is 0 Å². The number of amides is 2. The van der Waals surface area contributed by atoms with Crippen molar-refractivity contribution in [2.24, 2.45) is 0 Å². The van der Waals surface area contributed by atoms with E-state index in [1.165, 1.54) is 24.0 Å². The van der Waals surface area contributed by atoms with Gasteiger partial charge in [0, 0.05) is 24.5 Å². The molecular weight excluding hydrogens is 298 g/mol. The van der Waals surface area contributed by atoms with Gasteiger partial charge < -0.3 is 15.1 Å². The molecule has 0 aromatic heterocycles. The van der Waals surface area contributed by atoms with Crippen LogP contribution in [0.2, 0.25) is 0 Å². The van der Waals surface area contributed by atoms with Crippen LogP contribution >= 0.6 is 0 Å². The van der Waals surface area contributed by atoms with E-state index in [0.717, 1.165) is 51.9 Å². The number of rotatable bonds is 1. The molecule has 4 heteroatoms. The molecule has 4 nitrogen and oxygen atoms in total. The molecule has 2 fully saturated rings. The Bertz CT molecular complexity index is 601. The maximum Gasteiger partial charge on any atom is 0.317 e. The minimum atomic E-state index is 0.147. The lowest BCUT2D eigenvalue weighted by Gasteiger charge is -2.48. The van der Waals surface area contributed by atoms with Gasteiger partial charge in [-0.1, -0.05) is 37.1 Å². The summed E-state index contributed by atoms with van der Waals surface area (Å²) in [6.45, 7) is 3.86. The average Bonchev–Trinajstić information content (AvgIpc) is 3.10. The van der Waals surface area contributed by atoms with Crippen molar-refractivity contribution in [2.45, 2.75) is 56.5 Å². The van der Waals surface area contributed by atoms with Gasteiger partial charge in [0.2, 0.25) is 0 Å². The van der Waals surface area contributed by atoms with Gasteiger partial charge in [0.05, 0.1) is 0 Å². The highest BCUT2D eigenvalue weighted by Crippen LogP contribution is 2.41. The third-order valence-electron chi connectivity index (χ3n) is 6.36. The third-order valence-corrected chi connectivity index (χ3v) is 6.36. The van der Waals surface area contributed by atoms with E-state index in [9.17, 15) is 4.79 Å². The summed E-state index contributed by atoms with van der Waals surface area (Å²) in [7, 11) is 2.20. The highest BCUT2D eigenvalue weighted by molar-refractivity contribution is 5.75. The number of nitrogens with zero attached hydrogens (tertiary/aromatic N) is 2. The number of piperidine rings is 1. The number of hydrogen-bond acceptors (Lipinski definition) is 2. The zero-order chi connectivity index (χ0) is 16.6. The molecule has 4 rings (SSSR count). The number of carbonyl (C=O) groups excluding carboxylic acids is 1. The van der Waals surface area contributed by atoms with Gasteiger partial charge in [-0.3, -0.25) is 0 Å². The lowest BCUT2D eigenvalue weighted by atomic mass is 9.69. The van der Waals surface area contributed by atoms with Crippen LogP contribution < -0.4 is 5.32 Å². The van der Waals surface area contributed by atoms with Crippen molar-refractivity contribution < 1.29 is 4.79 Å². The topological polar surface area (TPSA) is 35.6 Å². The molecule has 1 aliphatic carbocycles. The largest absolute Gasteiger partial charge is 0.335 e. The second-order valence-corrected chi connectivity index (χ2v) is 8.03. The summed E-state index contributed by atoms with van der Waals surface area (Å²) in [5.74, 6) is 0. The van der Waals surface area contributed by atoms with E-state index in [2.05, 4.69) is 46.4 Å².